The summed E-state index contributed by atoms with van der Waals surface area (Å²) >= 11 is 0. The maximum Gasteiger partial charge on any atom is 0.201 e. The highest BCUT2D eigenvalue weighted by Gasteiger charge is 2.11. The van der Waals surface area contributed by atoms with Crippen LogP contribution in [0.2, 0.25) is 0 Å². The number of hydrogen-bond acceptors (Lipinski definition) is 3. The number of H-pyrrole nitrogens is 1. The van der Waals surface area contributed by atoms with E-state index in [2.05, 4.69) is 17.0 Å². The summed E-state index contributed by atoms with van der Waals surface area (Å²) in [5.74, 6) is 0.891. The van der Waals surface area contributed by atoms with Crippen molar-refractivity contribution in [3.63, 3.8) is 0 Å². The Morgan fingerprint density at radius 2 is 1.40 bits per heavy atom. The van der Waals surface area contributed by atoms with Gasteiger partial charge < -0.3 is 0 Å². The Balaban J connectivity index is 1.50. The molecule has 0 bridgehead atoms. The number of nitrogens with one attached hydrogen (secondary N) is 1. The molecule has 0 aliphatic heterocycles. The van der Waals surface area contributed by atoms with Gasteiger partial charge in [0.1, 0.15) is 17.5 Å². The molecule has 0 fully saturated rings. The molecule has 1 N–H and O–H groups in total. The Morgan fingerprint density at radius 3 is 1.90 bits per heavy atom. The van der Waals surface area contributed by atoms with Crippen LogP contribution in [-0.2, 0) is 6.42 Å². The van der Waals surface area contributed by atoms with Gasteiger partial charge in [0, 0.05) is 12.5 Å². The van der Waals surface area contributed by atoms with Gasteiger partial charge in [-0.25, -0.2) is 9.50 Å². The zero-order valence-corrected chi connectivity index (χ0v) is 19.1. The molecule has 2 rings (SSSR count). The number of nitriles is 1. The highest BCUT2D eigenvalue weighted by atomic mass is 16.1. The molecule has 0 amide bonds. The molecule has 0 spiro atoms. The molecule has 0 aromatic carbocycles. The van der Waals surface area contributed by atoms with Crippen molar-refractivity contribution in [3.8, 4) is 6.07 Å². The first kappa shape index (κ1) is 24.2. The average molecular weight is 413 g/mol. The highest BCUT2D eigenvalue weighted by Crippen LogP contribution is 2.14. The van der Waals surface area contributed by atoms with Gasteiger partial charge in [-0.2, -0.15) is 5.26 Å². The fraction of sp³-hybridized carbons (Fsp3) is 0.720. The summed E-state index contributed by atoms with van der Waals surface area (Å²) < 4.78 is 1.75. The Morgan fingerprint density at radius 1 is 0.900 bits per heavy atom. The fourth-order valence-electron chi connectivity index (χ4n) is 4.14. The molecule has 2 heterocycles. The van der Waals surface area contributed by atoms with Crippen LogP contribution >= 0.6 is 0 Å². The number of pyridine rings is 1. The maximum atomic E-state index is 11.9. The van der Waals surface area contributed by atoms with Gasteiger partial charge in [0.25, 0.3) is 0 Å². The molecule has 0 aliphatic rings. The quantitative estimate of drug-likeness (QED) is 0.315. The van der Waals surface area contributed by atoms with Gasteiger partial charge in [-0.1, -0.05) is 96.8 Å². The zero-order chi connectivity index (χ0) is 21.6. The maximum absolute atomic E-state index is 11.9. The van der Waals surface area contributed by atoms with Gasteiger partial charge in [0.2, 0.25) is 5.43 Å². The number of nitrogens with zero attached hydrogens (tertiary/aromatic N) is 3. The van der Waals surface area contributed by atoms with Crippen LogP contribution in [0.4, 0.5) is 0 Å². The number of unbranched alkanes of at least 4 members (excludes halogenated alkanes) is 14. The van der Waals surface area contributed by atoms with Crippen molar-refractivity contribution in [2.24, 2.45) is 0 Å². The van der Waals surface area contributed by atoms with E-state index < -0.39 is 0 Å². The average Bonchev–Trinajstić information content (AvgIpc) is 3.14. The third-order valence-electron chi connectivity index (χ3n) is 6.05. The van der Waals surface area contributed by atoms with Crippen LogP contribution in [-0.4, -0.2) is 14.6 Å². The fourth-order valence-corrected chi connectivity index (χ4v) is 4.14. The summed E-state index contributed by atoms with van der Waals surface area (Å²) in [6.45, 7) is 4.06. The molecular weight excluding hydrogens is 372 g/mol. The van der Waals surface area contributed by atoms with Gasteiger partial charge >= 0.3 is 0 Å². The topological polar surface area (TPSA) is 73.9 Å². The standard InChI is InChI=1S/C25H40N4O/c1-3-4-5-6-7-8-9-10-11-12-13-14-15-16-17-18-24-27-25-19-23(30)22(20-26)21(2)29(25)28-24/h19H,3-18H2,1-2H3,(H,27,28). The highest BCUT2D eigenvalue weighted by molar-refractivity contribution is 5.45. The van der Waals surface area contributed by atoms with E-state index in [4.69, 9.17) is 5.26 Å². The first-order valence-electron chi connectivity index (χ1n) is 12.2. The predicted octanol–water partition coefficient (Wildman–Crippen LogP) is 6.62. The van der Waals surface area contributed by atoms with Crippen LogP contribution in [0.1, 0.15) is 120 Å². The lowest BCUT2D eigenvalue weighted by molar-refractivity contribution is 0.531. The van der Waals surface area contributed by atoms with Crippen LogP contribution in [0.3, 0.4) is 0 Å². The first-order chi connectivity index (χ1) is 14.7. The van der Waals surface area contributed by atoms with E-state index in [0.717, 1.165) is 18.7 Å². The summed E-state index contributed by atoms with van der Waals surface area (Å²) in [5, 5.41) is 12.4. The summed E-state index contributed by atoms with van der Waals surface area (Å²) in [6.07, 6.45) is 21.3. The van der Waals surface area contributed by atoms with E-state index in [1.165, 1.54) is 96.0 Å². The molecule has 0 radical (unpaired) electrons. The predicted molar refractivity (Wildman–Crippen MR) is 124 cm³/mol. The van der Waals surface area contributed by atoms with Crippen molar-refractivity contribution in [2.45, 2.75) is 117 Å². The minimum absolute atomic E-state index is 0.190. The summed E-state index contributed by atoms with van der Waals surface area (Å²) in [6, 6.07) is 3.43. The number of hydrogen-bond donors (Lipinski definition) is 1. The van der Waals surface area contributed by atoms with Gasteiger partial charge in [0.05, 0.1) is 5.69 Å². The van der Waals surface area contributed by atoms with Crippen molar-refractivity contribution < 1.29 is 0 Å². The molecule has 0 saturated heterocycles. The van der Waals surface area contributed by atoms with Gasteiger partial charge in [-0.05, 0) is 13.3 Å². The second kappa shape index (κ2) is 14.0. The summed E-state index contributed by atoms with van der Waals surface area (Å²) in [7, 11) is 0. The van der Waals surface area contributed by atoms with Crippen LogP contribution in [0, 0.1) is 18.3 Å². The van der Waals surface area contributed by atoms with Gasteiger partial charge in [0.15, 0.2) is 5.65 Å². The SMILES string of the molecule is CCCCCCCCCCCCCCCCCc1nc2cc(=O)c(C#N)c(C)n2[nH]1. The zero-order valence-electron chi connectivity index (χ0n) is 19.1. The number of aromatic amines is 1. The van der Waals surface area contributed by atoms with E-state index in [-0.39, 0.29) is 11.0 Å². The monoisotopic (exact) mass is 412 g/mol. The van der Waals surface area contributed by atoms with Crippen molar-refractivity contribution in [1.29, 1.82) is 5.26 Å². The Bertz CT molecular complexity index is 843. The molecule has 30 heavy (non-hydrogen) atoms. The lowest BCUT2D eigenvalue weighted by Gasteiger charge is -2.03. The number of aromatic nitrogens is 3. The molecule has 0 unspecified atom stereocenters. The minimum atomic E-state index is -0.250. The summed E-state index contributed by atoms with van der Waals surface area (Å²) in [4.78, 5) is 16.4. The minimum Gasteiger partial charge on any atom is -0.288 e. The normalized spacial score (nSPS) is 11.2. The number of fused-ring (bicyclic) bond motifs is 1. The molecule has 5 heteroatoms. The Hall–Kier alpha value is -2.09. The molecule has 2 aromatic heterocycles. The smallest absolute Gasteiger partial charge is 0.201 e. The van der Waals surface area contributed by atoms with Gasteiger partial charge in [-0.3, -0.25) is 9.89 Å². The molecule has 166 valence electrons. The van der Waals surface area contributed by atoms with Crippen LogP contribution in [0.15, 0.2) is 10.9 Å². The first-order valence-corrected chi connectivity index (χ1v) is 12.2. The molecule has 0 atom stereocenters. The number of rotatable bonds is 16. The van der Waals surface area contributed by atoms with E-state index in [1.54, 1.807) is 11.4 Å². The van der Waals surface area contributed by atoms with Crippen molar-refractivity contribution in [2.75, 3.05) is 0 Å². The summed E-state index contributed by atoms with van der Waals surface area (Å²) in [5.41, 5.74) is 1.18. The van der Waals surface area contributed by atoms with Crippen LogP contribution in [0.5, 0.6) is 0 Å². The van der Waals surface area contributed by atoms with E-state index >= 15 is 0 Å². The van der Waals surface area contributed by atoms with Crippen LogP contribution in [0.25, 0.3) is 5.65 Å². The molecule has 5 nitrogen and oxygen atoms in total. The molecule has 2 aromatic rings. The molecule has 0 aliphatic carbocycles. The van der Waals surface area contributed by atoms with E-state index in [0.29, 0.717) is 11.3 Å². The van der Waals surface area contributed by atoms with Gasteiger partial charge in [-0.15, -0.1) is 0 Å². The molecule has 0 saturated carbocycles. The van der Waals surface area contributed by atoms with Crippen LogP contribution < -0.4 is 5.43 Å². The van der Waals surface area contributed by atoms with E-state index in [1.807, 2.05) is 6.07 Å². The third kappa shape index (κ3) is 7.97. The third-order valence-corrected chi connectivity index (χ3v) is 6.05. The Kier molecular flexibility index (Phi) is 11.3. The van der Waals surface area contributed by atoms with Crippen molar-refractivity contribution in [3.05, 3.63) is 33.4 Å². The molecular formula is C25H40N4O. The second-order valence-corrected chi connectivity index (χ2v) is 8.64. The van der Waals surface area contributed by atoms with Crippen molar-refractivity contribution >= 4 is 5.65 Å². The van der Waals surface area contributed by atoms with Crippen molar-refractivity contribution in [1.82, 2.24) is 14.6 Å². The second-order valence-electron chi connectivity index (χ2n) is 8.64. The number of aryl methyl sites for hydroxylation is 2. The lowest BCUT2D eigenvalue weighted by Crippen LogP contribution is -2.11. The Labute approximate surface area is 181 Å². The largest absolute Gasteiger partial charge is 0.288 e. The lowest BCUT2D eigenvalue weighted by atomic mass is 10.0. The van der Waals surface area contributed by atoms with E-state index in [9.17, 15) is 4.79 Å².